The molecule has 2 nitrogen and oxygen atoms in total. The number of fused-ring (bicyclic) bond motifs is 1. The number of para-hydroxylation sites is 1. The smallest absolute Gasteiger partial charge is 0.237 e. The Morgan fingerprint density at radius 3 is 2.61 bits per heavy atom. The fourth-order valence-corrected chi connectivity index (χ4v) is 3.19. The first-order valence-corrected chi connectivity index (χ1v) is 7.62. The second-order valence-electron chi connectivity index (χ2n) is 5.49. The zero-order chi connectivity index (χ0) is 13.3. The molecule has 1 aliphatic heterocycles. The highest BCUT2D eigenvalue weighted by Gasteiger charge is 2.43. The maximum Gasteiger partial charge on any atom is 0.237 e. The summed E-state index contributed by atoms with van der Waals surface area (Å²) < 4.78 is 0. The molecule has 0 bridgehead atoms. The van der Waals surface area contributed by atoms with Crippen LogP contribution < -0.4 is 4.90 Å². The molecule has 0 spiro atoms. The minimum absolute atomic E-state index is 0.225. The molecule has 1 amide bonds. The first-order chi connectivity index (χ1) is 8.52. The number of nitrogens with zero attached hydrogens (tertiary/aromatic N) is 1. The van der Waals surface area contributed by atoms with Crippen LogP contribution in [-0.4, -0.2) is 17.8 Å². The van der Waals surface area contributed by atoms with Crippen LogP contribution in [0.25, 0.3) is 0 Å². The number of hydrogen-bond donors (Lipinski definition) is 0. The van der Waals surface area contributed by atoms with E-state index in [4.69, 9.17) is 0 Å². The van der Waals surface area contributed by atoms with E-state index < -0.39 is 0 Å². The highest BCUT2D eigenvalue weighted by Crippen LogP contribution is 2.41. The zero-order valence-electron chi connectivity index (χ0n) is 11.2. The highest BCUT2D eigenvalue weighted by atomic mass is 79.9. The molecule has 0 N–H and O–H groups in total. The Bertz CT molecular complexity index is 452. The van der Waals surface area contributed by atoms with Crippen molar-refractivity contribution >= 4 is 27.5 Å². The van der Waals surface area contributed by atoms with Gasteiger partial charge in [0.05, 0.1) is 5.41 Å². The molecule has 1 aliphatic rings. The summed E-state index contributed by atoms with van der Waals surface area (Å²) in [6.45, 7) is 7.01. The monoisotopic (exact) mass is 309 g/mol. The van der Waals surface area contributed by atoms with Crippen molar-refractivity contribution in [3.05, 3.63) is 29.8 Å². The zero-order valence-corrected chi connectivity index (χ0v) is 12.8. The van der Waals surface area contributed by atoms with Crippen molar-refractivity contribution in [1.82, 2.24) is 0 Å². The average molecular weight is 310 g/mol. The first kappa shape index (κ1) is 13.6. The van der Waals surface area contributed by atoms with Gasteiger partial charge in [-0.05, 0) is 31.4 Å². The van der Waals surface area contributed by atoms with Gasteiger partial charge in [-0.3, -0.25) is 4.79 Å². The minimum Gasteiger partial charge on any atom is -0.311 e. The van der Waals surface area contributed by atoms with Crippen LogP contribution in [0.4, 0.5) is 5.69 Å². The Morgan fingerprint density at radius 1 is 1.33 bits per heavy atom. The molecule has 0 fully saturated rings. The van der Waals surface area contributed by atoms with Gasteiger partial charge in [0.25, 0.3) is 0 Å². The molecule has 1 atom stereocenters. The molecule has 1 aromatic carbocycles. The predicted molar refractivity (Wildman–Crippen MR) is 79.4 cm³/mol. The van der Waals surface area contributed by atoms with Crippen molar-refractivity contribution in [3.8, 4) is 0 Å². The molecule has 18 heavy (non-hydrogen) atoms. The molecule has 0 saturated heterocycles. The fourth-order valence-electron chi connectivity index (χ4n) is 2.53. The lowest BCUT2D eigenvalue weighted by Gasteiger charge is -2.24. The summed E-state index contributed by atoms with van der Waals surface area (Å²) in [7, 11) is 0. The standard InChI is InChI=1S/C15H20BrNO/c1-4-11(9-16)10-17-13-8-6-5-7-12(13)15(2,3)14(17)18/h5-8,11H,4,9-10H2,1-3H3. The molecule has 1 aromatic rings. The van der Waals surface area contributed by atoms with Gasteiger partial charge in [0.1, 0.15) is 0 Å². The van der Waals surface area contributed by atoms with Gasteiger partial charge in [0.15, 0.2) is 0 Å². The largest absolute Gasteiger partial charge is 0.311 e. The van der Waals surface area contributed by atoms with Crippen molar-refractivity contribution < 1.29 is 4.79 Å². The van der Waals surface area contributed by atoms with E-state index in [-0.39, 0.29) is 11.3 Å². The van der Waals surface area contributed by atoms with Crippen LogP contribution in [-0.2, 0) is 10.2 Å². The number of hydrogen-bond acceptors (Lipinski definition) is 1. The molecule has 0 radical (unpaired) electrons. The SMILES string of the molecule is CCC(CBr)CN1C(=O)C(C)(C)c2ccccc21. The van der Waals surface area contributed by atoms with Crippen molar-refractivity contribution in [2.75, 3.05) is 16.8 Å². The molecule has 1 unspecified atom stereocenters. The molecule has 3 heteroatoms. The van der Waals surface area contributed by atoms with Crippen molar-refractivity contribution in [1.29, 1.82) is 0 Å². The van der Waals surface area contributed by atoms with Gasteiger partial charge in [0, 0.05) is 17.6 Å². The van der Waals surface area contributed by atoms with E-state index in [9.17, 15) is 4.79 Å². The third-order valence-corrected chi connectivity index (χ3v) is 4.80. The molecular weight excluding hydrogens is 290 g/mol. The van der Waals surface area contributed by atoms with Gasteiger partial charge in [-0.15, -0.1) is 0 Å². The first-order valence-electron chi connectivity index (χ1n) is 6.49. The lowest BCUT2D eigenvalue weighted by Crippen LogP contribution is -2.39. The quantitative estimate of drug-likeness (QED) is 0.776. The minimum atomic E-state index is -0.388. The van der Waals surface area contributed by atoms with Crippen molar-refractivity contribution in [2.45, 2.75) is 32.6 Å². The third-order valence-electron chi connectivity index (χ3n) is 3.88. The van der Waals surface area contributed by atoms with Crippen LogP contribution in [0.1, 0.15) is 32.8 Å². The predicted octanol–water partition coefficient (Wildman–Crippen LogP) is 3.73. The molecule has 1 heterocycles. The van der Waals surface area contributed by atoms with Crippen LogP contribution in [0.3, 0.4) is 0 Å². The Morgan fingerprint density at radius 2 is 2.00 bits per heavy atom. The van der Waals surface area contributed by atoms with Gasteiger partial charge in [-0.1, -0.05) is 47.5 Å². The Hall–Kier alpha value is -0.830. The van der Waals surface area contributed by atoms with E-state index in [1.165, 1.54) is 0 Å². The van der Waals surface area contributed by atoms with E-state index in [1.54, 1.807) is 0 Å². The summed E-state index contributed by atoms with van der Waals surface area (Å²) in [6, 6.07) is 8.15. The van der Waals surface area contributed by atoms with Crippen LogP contribution in [0.5, 0.6) is 0 Å². The normalized spacial score (nSPS) is 18.9. The number of benzene rings is 1. The van der Waals surface area contributed by atoms with Crippen molar-refractivity contribution in [2.24, 2.45) is 5.92 Å². The van der Waals surface area contributed by atoms with E-state index in [2.05, 4.69) is 35.0 Å². The Labute approximate surface area is 117 Å². The van der Waals surface area contributed by atoms with E-state index in [1.807, 2.05) is 30.9 Å². The van der Waals surface area contributed by atoms with E-state index in [0.717, 1.165) is 29.5 Å². The summed E-state index contributed by atoms with van der Waals surface area (Å²) in [6.07, 6.45) is 1.08. The topological polar surface area (TPSA) is 20.3 Å². The Balaban J connectivity index is 2.36. The number of rotatable bonds is 4. The van der Waals surface area contributed by atoms with E-state index in [0.29, 0.717) is 5.92 Å². The number of halogens is 1. The molecule has 0 aliphatic carbocycles. The van der Waals surface area contributed by atoms with Gasteiger partial charge in [-0.2, -0.15) is 0 Å². The maximum atomic E-state index is 12.6. The highest BCUT2D eigenvalue weighted by molar-refractivity contribution is 9.09. The second kappa shape index (κ2) is 5.04. The molecular formula is C15H20BrNO. The van der Waals surface area contributed by atoms with Gasteiger partial charge in [-0.25, -0.2) is 0 Å². The van der Waals surface area contributed by atoms with E-state index >= 15 is 0 Å². The number of alkyl halides is 1. The third kappa shape index (κ3) is 2.09. The molecule has 0 aromatic heterocycles. The molecule has 0 saturated carbocycles. The summed E-state index contributed by atoms with van der Waals surface area (Å²) in [5.74, 6) is 0.735. The summed E-state index contributed by atoms with van der Waals surface area (Å²) in [4.78, 5) is 14.5. The lowest BCUT2D eigenvalue weighted by molar-refractivity contribution is -0.122. The van der Waals surface area contributed by atoms with Crippen LogP contribution in [0.15, 0.2) is 24.3 Å². The Kier molecular flexibility index (Phi) is 3.81. The summed E-state index contributed by atoms with van der Waals surface area (Å²) in [5, 5.41) is 0.940. The lowest BCUT2D eigenvalue weighted by atomic mass is 9.86. The van der Waals surface area contributed by atoms with Crippen LogP contribution >= 0.6 is 15.9 Å². The number of anilines is 1. The number of amides is 1. The van der Waals surface area contributed by atoms with Crippen molar-refractivity contribution in [3.63, 3.8) is 0 Å². The number of carbonyl (C=O) groups excluding carboxylic acids is 1. The van der Waals surface area contributed by atoms with Crippen LogP contribution in [0.2, 0.25) is 0 Å². The second-order valence-corrected chi connectivity index (χ2v) is 6.13. The molecule has 2 rings (SSSR count). The van der Waals surface area contributed by atoms with Gasteiger partial charge < -0.3 is 4.90 Å². The molecule has 98 valence electrons. The van der Waals surface area contributed by atoms with Gasteiger partial charge in [0.2, 0.25) is 5.91 Å². The fraction of sp³-hybridized carbons (Fsp3) is 0.533. The average Bonchev–Trinajstić information content (AvgIpc) is 2.57. The maximum absolute atomic E-state index is 12.6. The summed E-state index contributed by atoms with van der Waals surface area (Å²) >= 11 is 3.53. The van der Waals surface area contributed by atoms with Gasteiger partial charge >= 0.3 is 0 Å². The summed E-state index contributed by atoms with van der Waals surface area (Å²) in [5.41, 5.74) is 1.85. The number of carbonyl (C=O) groups is 1. The van der Waals surface area contributed by atoms with Crippen LogP contribution in [0, 0.1) is 5.92 Å².